The highest BCUT2D eigenvalue weighted by Gasteiger charge is 2.51. The van der Waals surface area contributed by atoms with Gasteiger partial charge < -0.3 is 9.31 Å². The number of aromatic nitrogens is 2. The second kappa shape index (κ2) is 9.32. The lowest BCUT2D eigenvalue weighted by Crippen LogP contribution is -2.41. The van der Waals surface area contributed by atoms with Gasteiger partial charge in [-0.1, -0.05) is 43.7 Å². The van der Waals surface area contributed by atoms with Gasteiger partial charge in [-0.3, -0.25) is 4.98 Å². The number of nitrogens with zero attached hydrogens (tertiary/aromatic N) is 2. The fourth-order valence-corrected chi connectivity index (χ4v) is 6.97. The Balaban J connectivity index is 1.79. The summed E-state index contributed by atoms with van der Waals surface area (Å²) in [4.78, 5) is 4.92. The van der Waals surface area contributed by atoms with Gasteiger partial charge in [-0.15, -0.1) is 0 Å². The van der Waals surface area contributed by atoms with Crippen molar-refractivity contribution in [1.29, 1.82) is 0 Å². The Morgan fingerprint density at radius 3 is 2.00 bits per heavy atom. The first-order chi connectivity index (χ1) is 18.2. The lowest BCUT2D eigenvalue weighted by Gasteiger charge is -2.32. The lowest BCUT2D eigenvalue weighted by atomic mass is 9.76. The molecular formula is C31H37BN2O4S. The summed E-state index contributed by atoms with van der Waals surface area (Å²) in [5, 5.41) is 0. The molecule has 1 aliphatic rings. The van der Waals surface area contributed by atoms with E-state index in [0.29, 0.717) is 16.7 Å². The quantitative estimate of drug-likeness (QED) is 0.276. The van der Waals surface area contributed by atoms with E-state index in [-0.39, 0.29) is 10.8 Å². The maximum atomic E-state index is 14.3. The molecule has 1 saturated heterocycles. The largest absolute Gasteiger partial charge is 0.494 e. The van der Waals surface area contributed by atoms with Crippen LogP contribution in [0.4, 0.5) is 0 Å². The Morgan fingerprint density at radius 2 is 1.46 bits per heavy atom. The molecule has 2 aromatic heterocycles. The van der Waals surface area contributed by atoms with E-state index in [2.05, 4.69) is 31.0 Å². The molecule has 39 heavy (non-hydrogen) atoms. The van der Waals surface area contributed by atoms with Crippen LogP contribution in [0.1, 0.15) is 69.7 Å². The second-order valence-electron chi connectivity index (χ2n) is 12.0. The van der Waals surface area contributed by atoms with E-state index in [0.717, 1.165) is 33.3 Å². The molecule has 0 amide bonds. The first-order valence-corrected chi connectivity index (χ1v) is 14.9. The van der Waals surface area contributed by atoms with Crippen LogP contribution in [-0.4, -0.2) is 35.7 Å². The molecule has 0 unspecified atom stereocenters. The molecule has 4 aromatic rings. The molecule has 5 rings (SSSR count). The zero-order valence-corrected chi connectivity index (χ0v) is 25.1. The first-order valence-electron chi connectivity index (χ1n) is 13.4. The molecule has 1 aliphatic heterocycles. The predicted octanol–water partition coefficient (Wildman–Crippen LogP) is 6.29. The maximum absolute atomic E-state index is 14.3. The minimum absolute atomic E-state index is 0.0356. The first kappa shape index (κ1) is 27.6. The van der Waals surface area contributed by atoms with Gasteiger partial charge >= 0.3 is 7.12 Å². The minimum atomic E-state index is -3.94. The van der Waals surface area contributed by atoms with Crippen LogP contribution in [0.15, 0.2) is 59.6 Å². The smallest absolute Gasteiger partial charge is 0.399 e. The SMILES string of the molecule is Cc1ccc(S(=O)(=O)n2c(-c3c(C)cc(B4OC(C)(C)C(C)(C)O4)cc3C)c(C(C)C)c3ncccc32)cc1. The molecular weight excluding hydrogens is 507 g/mol. The molecule has 204 valence electrons. The summed E-state index contributed by atoms with van der Waals surface area (Å²) in [7, 11) is -4.44. The average molecular weight is 545 g/mol. The third-order valence-electron chi connectivity index (χ3n) is 8.17. The van der Waals surface area contributed by atoms with Crippen molar-refractivity contribution in [2.24, 2.45) is 0 Å². The van der Waals surface area contributed by atoms with Gasteiger partial charge in [-0.2, -0.15) is 0 Å². The van der Waals surface area contributed by atoms with Gasteiger partial charge in [0, 0.05) is 17.3 Å². The topological polar surface area (TPSA) is 70.4 Å². The Hall–Kier alpha value is -2.94. The molecule has 1 fully saturated rings. The van der Waals surface area contributed by atoms with Gasteiger partial charge in [0.25, 0.3) is 10.0 Å². The summed E-state index contributed by atoms with van der Waals surface area (Å²) in [5.74, 6) is 0.0356. The van der Waals surface area contributed by atoms with E-state index in [4.69, 9.17) is 9.31 Å². The van der Waals surface area contributed by atoms with Gasteiger partial charge in [-0.05, 0) is 95.2 Å². The van der Waals surface area contributed by atoms with Crippen LogP contribution in [0.5, 0.6) is 0 Å². The monoisotopic (exact) mass is 544 g/mol. The fraction of sp³-hybridized carbons (Fsp3) is 0.387. The van der Waals surface area contributed by atoms with E-state index in [1.165, 1.54) is 3.97 Å². The third kappa shape index (κ3) is 4.43. The van der Waals surface area contributed by atoms with Gasteiger partial charge in [0.15, 0.2) is 0 Å². The highest BCUT2D eigenvalue weighted by molar-refractivity contribution is 7.90. The van der Waals surface area contributed by atoms with Crippen LogP contribution < -0.4 is 5.46 Å². The van der Waals surface area contributed by atoms with E-state index < -0.39 is 28.3 Å². The molecule has 0 bridgehead atoms. The fourth-order valence-electron chi connectivity index (χ4n) is 5.44. The molecule has 0 atom stereocenters. The summed E-state index contributed by atoms with van der Waals surface area (Å²) in [6, 6.07) is 14.8. The minimum Gasteiger partial charge on any atom is -0.399 e. The van der Waals surface area contributed by atoms with Gasteiger partial charge in [0.1, 0.15) is 0 Å². The second-order valence-corrected chi connectivity index (χ2v) is 13.8. The zero-order valence-electron chi connectivity index (χ0n) is 24.3. The Bertz CT molecular complexity index is 1650. The molecule has 0 spiro atoms. The van der Waals surface area contributed by atoms with E-state index >= 15 is 0 Å². The summed E-state index contributed by atoms with van der Waals surface area (Å²) >= 11 is 0. The summed E-state index contributed by atoms with van der Waals surface area (Å²) < 4.78 is 42.8. The van der Waals surface area contributed by atoms with Crippen molar-refractivity contribution in [2.45, 2.75) is 84.3 Å². The van der Waals surface area contributed by atoms with Crippen molar-refractivity contribution < 1.29 is 17.7 Å². The normalized spacial score (nSPS) is 16.9. The van der Waals surface area contributed by atoms with Gasteiger partial charge in [0.05, 0.1) is 32.8 Å². The van der Waals surface area contributed by atoms with E-state index in [1.807, 2.05) is 66.7 Å². The van der Waals surface area contributed by atoms with Gasteiger partial charge in [0.2, 0.25) is 0 Å². The maximum Gasteiger partial charge on any atom is 0.494 e. The predicted molar refractivity (Wildman–Crippen MR) is 158 cm³/mol. The number of hydrogen-bond donors (Lipinski definition) is 0. The van der Waals surface area contributed by atoms with E-state index in [9.17, 15) is 8.42 Å². The zero-order chi connectivity index (χ0) is 28.5. The van der Waals surface area contributed by atoms with Crippen molar-refractivity contribution in [3.8, 4) is 11.3 Å². The molecule has 3 heterocycles. The summed E-state index contributed by atoms with van der Waals surface area (Å²) in [5.41, 5.74) is 6.64. The van der Waals surface area contributed by atoms with Crippen molar-refractivity contribution in [3.63, 3.8) is 0 Å². The number of fused-ring (bicyclic) bond motifs is 1. The standard InChI is InChI=1S/C31H37BN2O4S/c1-19(2)26-28-25(11-10-16-33-28)34(39(35,36)24-14-12-20(3)13-15-24)29(26)27-21(4)17-23(18-22(27)5)32-37-30(6,7)31(8,9)38-32/h10-19H,1-9H3. The van der Waals surface area contributed by atoms with E-state index in [1.54, 1.807) is 24.4 Å². The molecule has 0 saturated carbocycles. The molecule has 0 N–H and O–H groups in total. The lowest BCUT2D eigenvalue weighted by molar-refractivity contribution is 0.00578. The number of benzene rings is 2. The highest BCUT2D eigenvalue weighted by atomic mass is 32.2. The summed E-state index contributed by atoms with van der Waals surface area (Å²) in [6.45, 7) is 18.3. The average Bonchev–Trinajstić information content (AvgIpc) is 3.29. The number of hydrogen-bond acceptors (Lipinski definition) is 5. The van der Waals surface area contributed by atoms with Crippen LogP contribution in [0.3, 0.4) is 0 Å². The highest BCUT2D eigenvalue weighted by Crippen LogP contribution is 2.42. The number of rotatable bonds is 5. The molecule has 2 aromatic carbocycles. The third-order valence-corrected chi connectivity index (χ3v) is 9.90. The van der Waals surface area contributed by atoms with Crippen LogP contribution in [0.25, 0.3) is 22.3 Å². The van der Waals surface area contributed by atoms with Crippen molar-refractivity contribution >= 4 is 33.6 Å². The number of pyridine rings is 1. The molecule has 6 nitrogen and oxygen atoms in total. The van der Waals surface area contributed by atoms with Gasteiger partial charge in [-0.25, -0.2) is 12.4 Å². The van der Waals surface area contributed by atoms with Crippen LogP contribution in [0.2, 0.25) is 0 Å². The Morgan fingerprint density at radius 1 is 0.897 bits per heavy atom. The van der Waals surface area contributed by atoms with Crippen molar-refractivity contribution in [2.75, 3.05) is 0 Å². The van der Waals surface area contributed by atoms with Crippen molar-refractivity contribution in [3.05, 3.63) is 77.0 Å². The number of aryl methyl sites for hydroxylation is 3. The Kier molecular flexibility index (Phi) is 6.60. The van der Waals surface area contributed by atoms with Crippen LogP contribution in [0, 0.1) is 20.8 Å². The summed E-state index contributed by atoms with van der Waals surface area (Å²) in [6.07, 6.45) is 1.72. The molecule has 8 heteroatoms. The Labute approximate surface area is 232 Å². The molecule has 0 radical (unpaired) electrons. The van der Waals surface area contributed by atoms with Crippen molar-refractivity contribution in [1.82, 2.24) is 8.96 Å². The van der Waals surface area contributed by atoms with Crippen LogP contribution in [-0.2, 0) is 19.3 Å². The van der Waals surface area contributed by atoms with Crippen LogP contribution >= 0.6 is 0 Å². The molecule has 0 aliphatic carbocycles.